The van der Waals surface area contributed by atoms with E-state index in [1.54, 1.807) is 11.3 Å². The molecule has 4 nitrogen and oxygen atoms in total. The first kappa shape index (κ1) is 18.7. The third-order valence-electron chi connectivity index (χ3n) is 3.84. The topological polar surface area (TPSA) is 45.7 Å². The number of thiophene rings is 1. The number of ether oxygens (including phenoxy) is 1. The number of rotatable bonds is 5. The van der Waals surface area contributed by atoms with E-state index in [1.807, 2.05) is 7.05 Å². The van der Waals surface area contributed by atoms with Crippen LogP contribution in [-0.4, -0.2) is 38.3 Å². The minimum atomic E-state index is -0.0450. The van der Waals surface area contributed by atoms with Gasteiger partial charge in [-0.1, -0.05) is 6.92 Å². The Morgan fingerprint density at radius 2 is 2.33 bits per heavy atom. The molecule has 0 saturated carbocycles. The van der Waals surface area contributed by atoms with E-state index < -0.39 is 0 Å². The minimum Gasteiger partial charge on any atom is -0.373 e. The Labute approximate surface area is 148 Å². The lowest BCUT2D eigenvalue weighted by atomic mass is 10.0. The van der Waals surface area contributed by atoms with Gasteiger partial charge in [-0.25, -0.2) is 0 Å². The summed E-state index contributed by atoms with van der Waals surface area (Å²) in [6, 6.07) is 2.18. The van der Waals surface area contributed by atoms with Gasteiger partial charge in [0.15, 0.2) is 5.96 Å². The number of guanidine groups is 1. The van der Waals surface area contributed by atoms with Crippen LogP contribution in [0.1, 0.15) is 38.2 Å². The first-order valence-electron chi connectivity index (χ1n) is 7.23. The molecule has 2 unspecified atom stereocenters. The van der Waals surface area contributed by atoms with E-state index in [1.165, 1.54) is 5.56 Å². The maximum Gasteiger partial charge on any atom is 0.191 e. The van der Waals surface area contributed by atoms with Gasteiger partial charge in [0, 0.05) is 26.7 Å². The van der Waals surface area contributed by atoms with Crippen molar-refractivity contribution in [2.45, 2.75) is 38.2 Å². The lowest BCUT2D eigenvalue weighted by molar-refractivity contribution is 0.0243. The van der Waals surface area contributed by atoms with E-state index in [-0.39, 0.29) is 29.6 Å². The summed E-state index contributed by atoms with van der Waals surface area (Å²) >= 11 is 1.74. The highest BCUT2D eigenvalue weighted by molar-refractivity contribution is 14.0. The zero-order chi connectivity index (χ0) is 14.4. The van der Waals surface area contributed by atoms with Gasteiger partial charge < -0.3 is 15.4 Å². The van der Waals surface area contributed by atoms with Crippen molar-refractivity contribution < 1.29 is 4.74 Å². The molecule has 6 heteroatoms. The first-order chi connectivity index (χ1) is 9.63. The molecule has 0 aromatic carbocycles. The van der Waals surface area contributed by atoms with Crippen molar-refractivity contribution in [1.82, 2.24) is 10.6 Å². The number of hydrogen-bond donors (Lipinski definition) is 2. The summed E-state index contributed by atoms with van der Waals surface area (Å²) in [6.45, 7) is 6.95. The van der Waals surface area contributed by atoms with E-state index in [0.717, 1.165) is 38.5 Å². The highest BCUT2D eigenvalue weighted by Crippen LogP contribution is 2.23. The van der Waals surface area contributed by atoms with Gasteiger partial charge in [0.2, 0.25) is 0 Å². The van der Waals surface area contributed by atoms with Crippen LogP contribution in [0.4, 0.5) is 0 Å². The molecule has 2 rings (SSSR count). The van der Waals surface area contributed by atoms with Crippen molar-refractivity contribution in [2.75, 3.05) is 26.7 Å². The van der Waals surface area contributed by atoms with Crippen molar-refractivity contribution >= 4 is 41.3 Å². The van der Waals surface area contributed by atoms with Gasteiger partial charge in [0.05, 0.1) is 5.60 Å². The third kappa shape index (κ3) is 5.75. The molecule has 0 radical (unpaired) electrons. The van der Waals surface area contributed by atoms with E-state index in [4.69, 9.17) is 4.74 Å². The summed E-state index contributed by atoms with van der Waals surface area (Å²) in [7, 11) is 1.81. The van der Waals surface area contributed by atoms with Crippen molar-refractivity contribution in [1.29, 1.82) is 0 Å². The lowest BCUT2D eigenvalue weighted by Gasteiger charge is -2.25. The minimum absolute atomic E-state index is 0. The van der Waals surface area contributed by atoms with Crippen LogP contribution in [0.5, 0.6) is 0 Å². The van der Waals surface area contributed by atoms with Crippen LogP contribution in [0.2, 0.25) is 0 Å². The zero-order valence-corrected chi connectivity index (χ0v) is 16.2. The monoisotopic (exact) mass is 423 g/mol. The Balaban J connectivity index is 0.00000220. The highest BCUT2D eigenvalue weighted by atomic mass is 127. The largest absolute Gasteiger partial charge is 0.373 e. The van der Waals surface area contributed by atoms with Gasteiger partial charge in [0.1, 0.15) is 0 Å². The van der Waals surface area contributed by atoms with E-state index in [0.29, 0.717) is 5.92 Å². The second-order valence-electron chi connectivity index (χ2n) is 5.67. The maximum absolute atomic E-state index is 5.78. The van der Waals surface area contributed by atoms with Gasteiger partial charge in [0.25, 0.3) is 0 Å². The lowest BCUT2D eigenvalue weighted by Crippen LogP contribution is -2.46. The molecule has 0 bridgehead atoms. The molecule has 120 valence electrons. The Morgan fingerprint density at radius 3 is 2.90 bits per heavy atom. The van der Waals surface area contributed by atoms with Crippen LogP contribution in [0.25, 0.3) is 0 Å². The van der Waals surface area contributed by atoms with Crippen LogP contribution in [0.3, 0.4) is 0 Å². The predicted octanol–water partition coefficient (Wildman–Crippen LogP) is 3.20. The number of hydrogen-bond acceptors (Lipinski definition) is 3. The van der Waals surface area contributed by atoms with Crippen LogP contribution in [0, 0.1) is 0 Å². The van der Waals surface area contributed by atoms with Crippen molar-refractivity contribution in [3.05, 3.63) is 22.4 Å². The fourth-order valence-electron chi connectivity index (χ4n) is 2.39. The molecule has 0 aliphatic carbocycles. The van der Waals surface area contributed by atoms with E-state index >= 15 is 0 Å². The van der Waals surface area contributed by atoms with Gasteiger partial charge in [-0.15, -0.1) is 24.0 Å². The molecular formula is C15H26IN3OS. The maximum atomic E-state index is 5.78. The molecule has 1 aromatic rings. The summed E-state index contributed by atoms with van der Waals surface area (Å²) in [6.07, 6.45) is 2.27. The number of nitrogens with one attached hydrogen (secondary N) is 2. The molecular weight excluding hydrogens is 397 g/mol. The number of nitrogens with zero attached hydrogens (tertiary/aromatic N) is 1. The smallest absolute Gasteiger partial charge is 0.191 e. The van der Waals surface area contributed by atoms with E-state index in [2.05, 4.69) is 46.3 Å². The highest BCUT2D eigenvalue weighted by Gasteiger charge is 2.29. The van der Waals surface area contributed by atoms with Crippen molar-refractivity contribution in [3.63, 3.8) is 0 Å². The quantitative estimate of drug-likeness (QED) is 0.435. The van der Waals surface area contributed by atoms with Gasteiger partial charge in [-0.05, 0) is 48.1 Å². The summed E-state index contributed by atoms with van der Waals surface area (Å²) in [4.78, 5) is 4.27. The summed E-state index contributed by atoms with van der Waals surface area (Å²) in [5, 5.41) is 11.1. The SMILES string of the molecule is CN=C(NCC(C)c1ccsc1)NCC1(C)CCCO1.I. The molecule has 0 amide bonds. The first-order valence-corrected chi connectivity index (χ1v) is 8.18. The average molecular weight is 423 g/mol. The molecule has 0 spiro atoms. The molecule has 21 heavy (non-hydrogen) atoms. The Morgan fingerprint density at radius 1 is 1.52 bits per heavy atom. The average Bonchev–Trinajstić information content (AvgIpc) is 3.10. The molecule has 1 fully saturated rings. The molecule has 2 atom stereocenters. The van der Waals surface area contributed by atoms with Gasteiger partial charge in [-0.3, -0.25) is 4.99 Å². The van der Waals surface area contributed by atoms with Crippen LogP contribution >= 0.6 is 35.3 Å². The Bertz CT molecular complexity index is 430. The molecule has 2 N–H and O–H groups in total. The van der Waals surface area contributed by atoms with Crippen molar-refractivity contribution in [2.24, 2.45) is 4.99 Å². The molecule has 1 aromatic heterocycles. The zero-order valence-electron chi connectivity index (χ0n) is 13.0. The fourth-order valence-corrected chi connectivity index (χ4v) is 3.17. The van der Waals surface area contributed by atoms with E-state index in [9.17, 15) is 0 Å². The number of halogens is 1. The van der Waals surface area contributed by atoms with Crippen molar-refractivity contribution in [3.8, 4) is 0 Å². The van der Waals surface area contributed by atoms with Crippen LogP contribution in [-0.2, 0) is 4.74 Å². The third-order valence-corrected chi connectivity index (χ3v) is 4.54. The second kappa shape index (κ2) is 8.95. The van der Waals surface area contributed by atoms with Crippen LogP contribution in [0.15, 0.2) is 21.8 Å². The molecule has 1 aliphatic rings. The predicted molar refractivity (Wildman–Crippen MR) is 101 cm³/mol. The number of aliphatic imine (C=N–C) groups is 1. The molecule has 2 heterocycles. The summed E-state index contributed by atoms with van der Waals surface area (Å²) in [5.41, 5.74) is 1.33. The summed E-state index contributed by atoms with van der Waals surface area (Å²) < 4.78 is 5.78. The van der Waals surface area contributed by atoms with Gasteiger partial charge >= 0.3 is 0 Å². The molecule has 1 saturated heterocycles. The summed E-state index contributed by atoms with van der Waals surface area (Å²) in [5.74, 6) is 1.34. The van der Waals surface area contributed by atoms with Crippen LogP contribution < -0.4 is 10.6 Å². The molecule has 1 aliphatic heterocycles. The standard InChI is InChI=1S/C15H25N3OS.HI/c1-12(13-5-8-20-10-13)9-17-14(16-3)18-11-15(2)6-4-7-19-15;/h5,8,10,12H,4,6-7,9,11H2,1-3H3,(H2,16,17,18);1H. The normalized spacial score (nSPS) is 23.5. The Kier molecular flexibility index (Phi) is 7.97. The fraction of sp³-hybridized carbons (Fsp3) is 0.667. The van der Waals surface area contributed by atoms with Gasteiger partial charge in [-0.2, -0.15) is 11.3 Å². The second-order valence-corrected chi connectivity index (χ2v) is 6.45. The Hall–Kier alpha value is -0.340.